The minimum Gasteiger partial charge on any atom is -0.490 e. The standard InChI is InChI=1S/C17H20N2O2S/c1-11(2)15-10-18-17(22-15)19-16(20)13-8-3-4-9-14(13)21-12-6-5-7-12/h3-4,8-12H,5-7H2,1-2H3,(H,18,19,20). The third-order valence-electron chi connectivity index (χ3n) is 3.79. The molecule has 0 radical (unpaired) electrons. The lowest BCUT2D eigenvalue weighted by Crippen LogP contribution is -2.26. The van der Waals surface area contributed by atoms with Crippen LogP contribution in [0.1, 0.15) is 54.3 Å². The zero-order chi connectivity index (χ0) is 15.5. The lowest BCUT2D eigenvalue weighted by molar-refractivity contribution is 0.0992. The van der Waals surface area contributed by atoms with E-state index >= 15 is 0 Å². The van der Waals surface area contributed by atoms with E-state index in [2.05, 4.69) is 24.1 Å². The zero-order valence-corrected chi connectivity index (χ0v) is 13.7. The second-order valence-electron chi connectivity index (χ2n) is 5.84. The molecule has 2 aromatic rings. The van der Waals surface area contributed by atoms with E-state index in [0.717, 1.165) is 17.7 Å². The lowest BCUT2D eigenvalue weighted by Gasteiger charge is -2.27. The van der Waals surface area contributed by atoms with Crippen LogP contribution in [0, 0.1) is 0 Å². The highest BCUT2D eigenvalue weighted by Gasteiger charge is 2.22. The van der Waals surface area contributed by atoms with Crippen LogP contribution in [0.2, 0.25) is 0 Å². The van der Waals surface area contributed by atoms with Gasteiger partial charge in [0.2, 0.25) is 0 Å². The predicted octanol–water partition coefficient (Wildman–Crippen LogP) is 4.45. The number of aromatic nitrogens is 1. The summed E-state index contributed by atoms with van der Waals surface area (Å²) in [5.41, 5.74) is 0.565. The number of hydrogen-bond acceptors (Lipinski definition) is 4. The summed E-state index contributed by atoms with van der Waals surface area (Å²) >= 11 is 1.52. The van der Waals surface area contributed by atoms with E-state index in [1.165, 1.54) is 17.8 Å². The monoisotopic (exact) mass is 316 g/mol. The van der Waals surface area contributed by atoms with E-state index in [1.54, 1.807) is 6.07 Å². The smallest absolute Gasteiger partial charge is 0.261 e. The molecule has 0 spiro atoms. The number of thiazole rings is 1. The molecule has 0 saturated heterocycles. The fraction of sp³-hybridized carbons (Fsp3) is 0.412. The minimum atomic E-state index is -0.167. The van der Waals surface area contributed by atoms with Gasteiger partial charge in [0.05, 0.1) is 11.7 Å². The minimum absolute atomic E-state index is 0.167. The van der Waals surface area contributed by atoms with Crippen molar-refractivity contribution in [2.45, 2.75) is 45.1 Å². The molecule has 5 heteroatoms. The van der Waals surface area contributed by atoms with Gasteiger partial charge >= 0.3 is 0 Å². The Kier molecular flexibility index (Phi) is 4.43. The molecule has 3 rings (SSSR count). The van der Waals surface area contributed by atoms with E-state index in [-0.39, 0.29) is 12.0 Å². The molecular formula is C17H20N2O2S. The van der Waals surface area contributed by atoms with Crippen LogP contribution in [-0.2, 0) is 0 Å². The average molecular weight is 316 g/mol. The van der Waals surface area contributed by atoms with Crippen molar-refractivity contribution in [3.63, 3.8) is 0 Å². The van der Waals surface area contributed by atoms with E-state index in [9.17, 15) is 4.79 Å². The van der Waals surface area contributed by atoms with Crippen LogP contribution < -0.4 is 10.1 Å². The molecule has 0 bridgehead atoms. The Hall–Kier alpha value is -1.88. The van der Waals surface area contributed by atoms with Crippen LogP contribution in [0.4, 0.5) is 5.13 Å². The van der Waals surface area contributed by atoms with Crippen LogP contribution in [0.3, 0.4) is 0 Å². The second-order valence-corrected chi connectivity index (χ2v) is 6.91. The number of carbonyl (C=O) groups excluding carboxylic acids is 1. The summed E-state index contributed by atoms with van der Waals surface area (Å²) in [6, 6.07) is 7.39. The number of hydrogen-bond donors (Lipinski definition) is 1. The highest BCUT2D eigenvalue weighted by molar-refractivity contribution is 7.15. The summed E-state index contributed by atoms with van der Waals surface area (Å²) < 4.78 is 5.91. The topological polar surface area (TPSA) is 51.2 Å². The van der Waals surface area contributed by atoms with Crippen molar-refractivity contribution in [2.24, 2.45) is 0 Å². The molecule has 1 N–H and O–H groups in total. The van der Waals surface area contributed by atoms with E-state index in [1.807, 2.05) is 24.4 Å². The van der Waals surface area contributed by atoms with Gasteiger partial charge in [-0.3, -0.25) is 10.1 Å². The Labute approximate surface area is 134 Å². The number of rotatable bonds is 5. The molecule has 0 aliphatic heterocycles. The summed E-state index contributed by atoms with van der Waals surface area (Å²) in [6.45, 7) is 4.22. The Morgan fingerprint density at radius 1 is 1.36 bits per heavy atom. The number of anilines is 1. The first kappa shape index (κ1) is 15.0. The van der Waals surface area contributed by atoms with Crippen molar-refractivity contribution >= 4 is 22.4 Å². The molecule has 1 amide bonds. The van der Waals surface area contributed by atoms with Gasteiger partial charge in [0.15, 0.2) is 5.13 Å². The predicted molar refractivity (Wildman–Crippen MR) is 88.9 cm³/mol. The summed E-state index contributed by atoms with van der Waals surface area (Å²) in [4.78, 5) is 17.9. The summed E-state index contributed by atoms with van der Waals surface area (Å²) in [6.07, 6.45) is 5.42. The lowest BCUT2D eigenvalue weighted by atomic mass is 9.96. The maximum Gasteiger partial charge on any atom is 0.261 e. The number of carbonyl (C=O) groups is 1. The van der Waals surface area contributed by atoms with Gasteiger partial charge in [0.25, 0.3) is 5.91 Å². The van der Waals surface area contributed by atoms with Crippen molar-refractivity contribution in [2.75, 3.05) is 5.32 Å². The molecule has 0 atom stereocenters. The molecule has 1 aromatic heterocycles. The van der Waals surface area contributed by atoms with Crippen molar-refractivity contribution in [1.82, 2.24) is 4.98 Å². The van der Waals surface area contributed by atoms with E-state index < -0.39 is 0 Å². The fourth-order valence-electron chi connectivity index (χ4n) is 2.20. The first-order valence-corrected chi connectivity index (χ1v) is 8.48. The molecular weight excluding hydrogens is 296 g/mol. The SMILES string of the molecule is CC(C)c1cnc(NC(=O)c2ccccc2OC2CCC2)s1. The highest BCUT2D eigenvalue weighted by atomic mass is 32.1. The molecule has 1 aliphatic carbocycles. The average Bonchev–Trinajstić information content (AvgIpc) is 2.92. The largest absolute Gasteiger partial charge is 0.490 e. The summed E-state index contributed by atoms with van der Waals surface area (Å²) in [7, 11) is 0. The van der Waals surface area contributed by atoms with Crippen molar-refractivity contribution in [3.05, 3.63) is 40.9 Å². The molecule has 0 unspecified atom stereocenters. The molecule has 4 nitrogen and oxygen atoms in total. The van der Waals surface area contributed by atoms with Crippen LogP contribution in [0.25, 0.3) is 0 Å². The van der Waals surface area contributed by atoms with Gasteiger partial charge in [-0.15, -0.1) is 11.3 Å². The van der Waals surface area contributed by atoms with Crippen LogP contribution in [0.15, 0.2) is 30.5 Å². The summed E-state index contributed by atoms with van der Waals surface area (Å²) in [5.74, 6) is 0.905. The number of ether oxygens (including phenoxy) is 1. The van der Waals surface area contributed by atoms with Crippen LogP contribution in [0.5, 0.6) is 5.75 Å². The van der Waals surface area contributed by atoms with Gasteiger partial charge in [0, 0.05) is 11.1 Å². The Balaban J connectivity index is 1.73. The first-order chi connectivity index (χ1) is 10.6. The molecule has 1 aromatic carbocycles. The third kappa shape index (κ3) is 3.30. The quantitative estimate of drug-likeness (QED) is 0.886. The molecule has 22 heavy (non-hydrogen) atoms. The van der Waals surface area contributed by atoms with E-state index in [0.29, 0.717) is 22.4 Å². The molecule has 1 aliphatic rings. The van der Waals surface area contributed by atoms with E-state index in [4.69, 9.17) is 4.74 Å². The number of nitrogens with zero attached hydrogens (tertiary/aromatic N) is 1. The summed E-state index contributed by atoms with van der Waals surface area (Å²) in [5, 5.41) is 3.50. The van der Waals surface area contributed by atoms with Gasteiger partial charge in [0.1, 0.15) is 5.75 Å². The first-order valence-electron chi connectivity index (χ1n) is 7.66. The van der Waals surface area contributed by atoms with Crippen LogP contribution >= 0.6 is 11.3 Å². The van der Waals surface area contributed by atoms with Gasteiger partial charge in [-0.2, -0.15) is 0 Å². The fourth-order valence-corrected chi connectivity index (χ4v) is 3.01. The Morgan fingerprint density at radius 3 is 2.77 bits per heavy atom. The maximum atomic E-state index is 12.5. The van der Waals surface area contributed by atoms with Gasteiger partial charge in [-0.25, -0.2) is 4.98 Å². The van der Waals surface area contributed by atoms with Gasteiger partial charge in [-0.1, -0.05) is 26.0 Å². The maximum absolute atomic E-state index is 12.5. The van der Waals surface area contributed by atoms with Crippen LogP contribution in [-0.4, -0.2) is 17.0 Å². The zero-order valence-electron chi connectivity index (χ0n) is 12.8. The second kappa shape index (κ2) is 6.48. The number of amides is 1. The number of para-hydroxylation sites is 1. The van der Waals surface area contributed by atoms with Gasteiger partial charge in [-0.05, 0) is 37.3 Å². The molecule has 1 saturated carbocycles. The molecule has 116 valence electrons. The highest BCUT2D eigenvalue weighted by Crippen LogP contribution is 2.29. The Morgan fingerprint density at radius 2 is 2.14 bits per heavy atom. The number of nitrogens with one attached hydrogen (secondary N) is 1. The Bertz CT molecular complexity index is 662. The van der Waals surface area contributed by atoms with Crippen molar-refractivity contribution in [1.29, 1.82) is 0 Å². The third-order valence-corrected chi connectivity index (χ3v) is 5.00. The molecule has 1 heterocycles. The number of benzene rings is 1. The van der Waals surface area contributed by atoms with Crippen molar-refractivity contribution < 1.29 is 9.53 Å². The normalized spacial score (nSPS) is 14.7. The van der Waals surface area contributed by atoms with Crippen molar-refractivity contribution in [3.8, 4) is 5.75 Å². The van der Waals surface area contributed by atoms with Gasteiger partial charge < -0.3 is 4.74 Å². The molecule has 1 fully saturated rings.